The Kier molecular flexibility index (Phi) is 6.47. The van der Waals surface area contributed by atoms with Gasteiger partial charge in [-0.3, -0.25) is 14.7 Å². The molecule has 2 aromatic carbocycles. The molecule has 8 nitrogen and oxygen atoms in total. The Hall–Kier alpha value is -3.76. The van der Waals surface area contributed by atoms with Crippen molar-refractivity contribution in [3.05, 3.63) is 76.4 Å². The fraction of sp³-hybridized carbons (Fsp3) is 0.240. The summed E-state index contributed by atoms with van der Waals surface area (Å²) in [4.78, 5) is 31.1. The zero-order valence-electron chi connectivity index (χ0n) is 19.2. The number of halogens is 1. The zero-order valence-corrected chi connectivity index (χ0v) is 20.0. The van der Waals surface area contributed by atoms with Crippen LogP contribution in [0.1, 0.15) is 25.6 Å². The minimum atomic E-state index is -0.347. The summed E-state index contributed by atoms with van der Waals surface area (Å²) in [6.07, 6.45) is 0. The van der Waals surface area contributed by atoms with Gasteiger partial charge < -0.3 is 20.4 Å². The van der Waals surface area contributed by atoms with Gasteiger partial charge in [-0.25, -0.2) is 4.39 Å². The molecule has 1 aliphatic heterocycles. The van der Waals surface area contributed by atoms with Crippen LogP contribution in [0.25, 0.3) is 10.2 Å². The van der Waals surface area contributed by atoms with E-state index >= 15 is 0 Å². The third-order valence-electron chi connectivity index (χ3n) is 6.05. The van der Waals surface area contributed by atoms with Crippen molar-refractivity contribution >= 4 is 44.9 Å². The van der Waals surface area contributed by atoms with Gasteiger partial charge in [0.25, 0.3) is 11.8 Å². The van der Waals surface area contributed by atoms with Crippen molar-refractivity contribution in [2.45, 2.75) is 6.54 Å². The standard InChI is InChI=1S/C25H25FN6O2S/c1-31-9-11-32(12-10-31)19-7-5-17(6-8-19)23(33)28-22-20-14-21(35-25(20)30-29-22)24(34)27-15-16-3-2-4-18(26)13-16/h2-8,13-14H,9-12,15H2,1H3,(H,27,34)(H2,28,29,30,33). The monoisotopic (exact) mass is 492 g/mol. The summed E-state index contributed by atoms with van der Waals surface area (Å²) in [7, 11) is 2.12. The first kappa shape index (κ1) is 23.0. The third-order valence-corrected chi connectivity index (χ3v) is 7.08. The van der Waals surface area contributed by atoms with Crippen LogP contribution in [0.4, 0.5) is 15.9 Å². The molecular weight excluding hydrogens is 467 g/mol. The van der Waals surface area contributed by atoms with Crippen LogP contribution in [0.3, 0.4) is 0 Å². The van der Waals surface area contributed by atoms with Crippen molar-refractivity contribution in [1.82, 2.24) is 20.4 Å². The number of H-pyrrole nitrogens is 1. The van der Waals surface area contributed by atoms with E-state index in [-0.39, 0.29) is 24.2 Å². The van der Waals surface area contributed by atoms with Crippen LogP contribution in [0.2, 0.25) is 0 Å². The summed E-state index contributed by atoms with van der Waals surface area (Å²) >= 11 is 1.22. The van der Waals surface area contributed by atoms with E-state index in [2.05, 4.69) is 37.7 Å². The van der Waals surface area contributed by atoms with E-state index in [0.717, 1.165) is 31.9 Å². The van der Waals surface area contributed by atoms with E-state index < -0.39 is 0 Å². The molecular formula is C25H25FN6O2S. The number of rotatable bonds is 6. The maximum absolute atomic E-state index is 13.3. The lowest BCUT2D eigenvalue weighted by Gasteiger charge is -2.34. The summed E-state index contributed by atoms with van der Waals surface area (Å²) in [6.45, 7) is 4.17. The van der Waals surface area contributed by atoms with Crippen LogP contribution in [0, 0.1) is 5.82 Å². The molecule has 0 spiro atoms. The van der Waals surface area contributed by atoms with Gasteiger partial charge >= 0.3 is 0 Å². The maximum Gasteiger partial charge on any atom is 0.261 e. The molecule has 0 saturated carbocycles. The first-order valence-corrected chi connectivity index (χ1v) is 12.1. The normalized spacial score (nSPS) is 14.3. The fourth-order valence-electron chi connectivity index (χ4n) is 4.01. The van der Waals surface area contributed by atoms with Crippen molar-refractivity contribution < 1.29 is 14.0 Å². The van der Waals surface area contributed by atoms with Crippen LogP contribution in [-0.2, 0) is 6.54 Å². The van der Waals surface area contributed by atoms with Crippen LogP contribution < -0.4 is 15.5 Å². The number of amides is 2. The van der Waals surface area contributed by atoms with Crippen molar-refractivity contribution in [1.29, 1.82) is 0 Å². The number of hydrogen-bond donors (Lipinski definition) is 3. The predicted octanol–water partition coefficient (Wildman–Crippen LogP) is 3.70. The van der Waals surface area contributed by atoms with E-state index in [0.29, 0.717) is 32.0 Å². The summed E-state index contributed by atoms with van der Waals surface area (Å²) in [6, 6.07) is 15.3. The molecule has 0 atom stereocenters. The minimum Gasteiger partial charge on any atom is -0.369 e. The number of aromatic amines is 1. The molecule has 2 aromatic heterocycles. The van der Waals surface area contributed by atoms with E-state index in [9.17, 15) is 14.0 Å². The Labute approximate surface area is 205 Å². The summed E-state index contributed by atoms with van der Waals surface area (Å²) in [5.41, 5.74) is 2.31. The molecule has 4 aromatic rings. The highest BCUT2D eigenvalue weighted by Crippen LogP contribution is 2.29. The Morgan fingerprint density at radius 1 is 1.06 bits per heavy atom. The first-order valence-electron chi connectivity index (χ1n) is 11.3. The molecule has 0 radical (unpaired) electrons. The van der Waals surface area contributed by atoms with Gasteiger partial charge in [0.05, 0.1) is 10.3 Å². The number of thiophene rings is 1. The number of nitrogens with one attached hydrogen (secondary N) is 3. The van der Waals surface area contributed by atoms with Gasteiger partial charge in [0.2, 0.25) is 0 Å². The second kappa shape index (κ2) is 9.85. The predicted molar refractivity (Wildman–Crippen MR) is 136 cm³/mol. The Morgan fingerprint density at radius 2 is 1.83 bits per heavy atom. The van der Waals surface area contributed by atoms with Crippen LogP contribution in [-0.4, -0.2) is 60.1 Å². The second-order valence-electron chi connectivity index (χ2n) is 8.53. The number of likely N-dealkylation sites (N-methyl/N-ethyl adjacent to an activating group) is 1. The van der Waals surface area contributed by atoms with Gasteiger partial charge in [-0.1, -0.05) is 12.1 Å². The lowest BCUT2D eigenvalue weighted by molar-refractivity contribution is 0.0954. The molecule has 35 heavy (non-hydrogen) atoms. The SMILES string of the molecule is CN1CCN(c2ccc(C(=O)Nc3[nH]nc4sc(C(=O)NCc5cccc(F)c5)cc34)cc2)CC1. The number of hydrogen-bond acceptors (Lipinski definition) is 6. The number of aromatic nitrogens is 2. The lowest BCUT2D eigenvalue weighted by atomic mass is 10.1. The molecule has 1 aliphatic rings. The molecule has 2 amide bonds. The smallest absolute Gasteiger partial charge is 0.261 e. The zero-order chi connectivity index (χ0) is 24.4. The highest BCUT2D eigenvalue weighted by molar-refractivity contribution is 7.20. The minimum absolute atomic E-state index is 0.214. The van der Waals surface area contributed by atoms with Crippen molar-refractivity contribution in [2.75, 3.05) is 43.4 Å². The van der Waals surface area contributed by atoms with Crippen molar-refractivity contribution in [3.63, 3.8) is 0 Å². The number of nitrogens with zero attached hydrogens (tertiary/aromatic N) is 3. The average molecular weight is 493 g/mol. The Morgan fingerprint density at radius 3 is 2.57 bits per heavy atom. The Bertz CT molecular complexity index is 1360. The number of benzene rings is 2. The quantitative estimate of drug-likeness (QED) is 0.382. The van der Waals surface area contributed by atoms with Crippen LogP contribution in [0.5, 0.6) is 0 Å². The van der Waals surface area contributed by atoms with Gasteiger partial charge in [0, 0.05) is 44.0 Å². The highest BCUT2D eigenvalue weighted by atomic mass is 32.1. The average Bonchev–Trinajstić information content (AvgIpc) is 3.45. The van der Waals surface area contributed by atoms with E-state index in [1.54, 1.807) is 18.2 Å². The molecule has 3 N–H and O–H groups in total. The Balaban J connectivity index is 1.23. The fourth-order valence-corrected chi connectivity index (χ4v) is 4.92. The van der Waals surface area contributed by atoms with Gasteiger partial charge in [-0.15, -0.1) is 11.3 Å². The van der Waals surface area contributed by atoms with Gasteiger partial charge in [-0.05, 0) is 55.1 Å². The molecule has 0 unspecified atom stereocenters. The molecule has 5 rings (SSSR count). The lowest BCUT2D eigenvalue weighted by Crippen LogP contribution is -2.44. The highest BCUT2D eigenvalue weighted by Gasteiger charge is 2.18. The third kappa shape index (κ3) is 5.18. The van der Waals surface area contributed by atoms with E-state index in [4.69, 9.17) is 0 Å². The summed E-state index contributed by atoms with van der Waals surface area (Å²) < 4.78 is 13.3. The van der Waals surface area contributed by atoms with Gasteiger partial charge in [0.1, 0.15) is 16.5 Å². The molecule has 10 heteroatoms. The number of carbonyl (C=O) groups is 2. The number of anilines is 2. The van der Waals surface area contributed by atoms with Crippen molar-refractivity contribution in [2.24, 2.45) is 0 Å². The second-order valence-corrected chi connectivity index (χ2v) is 9.56. The van der Waals surface area contributed by atoms with Gasteiger partial charge in [0.15, 0.2) is 0 Å². The molecule has 0 bridgehead atoms. The van der Waals surface area contributed by atoms with Crippen LogP contribution in [0.15, 0.2) is 54.6 Å². The number of fused-ring (bicyclic) bond motifs is 1. The molecule has 180 valence electrons. The van der Waals surface area contributed by atoms with Crippen molar-refractivity contribution in [3.8, 4) is 0 Å². The molecule has 1 saturated heterocycles. The summed E-state index contributed by atoms with van der Waals surface area (Å²) in [5.74, 6) is -0.452. The first-order chi connectivity index (χ1) is 17.0. The maximum atomic E-state index is 13.3. The van der Waals surface area contributed by atoms with Crippen LogP contribution >= 0.6 is 11.3 Å². The van der Waals surface area contributed by atoms with E-state index in [1.807, 2.05) is 24.3 Å². The molecule has 3 heterocycles. The molecule has 0 aliphatic carbocycles. The number of piperazine rings is 1. The number of carbonyl (C=O) groups excluding carboxylic acids is 2. The topological polar surface area (TPSA) is 93.4 Å². The summed E-state index contributed by atoms with van der Waals surface area (Å²) in [5, 5.41) is 13.4. The molecule has 1 fully saturated rings. The largest absolute Gasteiger partial charge is 0.369 e. The van der Waals surface area contributed by atoms with Gasteiger partial charge in [-0.2, -0.15) is 5.10 Å². The van der Waals surface area contributed by atoms with E-state index in [1.165, 1.54) is 23.5 Å².